The van der Waals surface area contributed by atoms with E-state index in [1.54, 1.807) is 22.6 Å². The van der Waals surface area contributed by atoms with E-state index in [1.807, 2.05) is 0 Å². The Labute approximate surface area is 96.4 Å². The Bertz CT molecular complexity index is 400. The third kappa shape index (κ3) is 2.56. The van der Waals surface area contributed by atoms with Crippen LogP contribution in [0.3, 0.4) is 0 Å². The first-order valence-electron chi connectivity index (χ1n) is 3.70. The summed E-state index contributed by atoms with van der Waals surface area (Å²) in [6.45, 7) is -0.753. The molecule has 1 N–H and O–H groups in total. The number of alkyl halides is 2. The molecule has 0 aliphatic rings. The molecule has 1 heterocycles. The summed E-state index contributed by atoms with van der Waals surface area (Å²) >= 11 is 1.55. The van der Waals surface area contributed by atoms with Crippen molar-refractivity contribution in [2.75, 3.05) is 0 Å². The highest BCUT2D eigenvalue weighted by Crippen LogP contribution is 2.28. The minimum absolute atomic E-state index is 0.0186. The Morgan fingerprint density at radius 3 is 2.67 bits per heavy atom. The van der Waals surface area contributed by atoms with E-state index in [1.165, 1.54) is 0 Å². The maximum absolute atomic E-state index is 12.4. The molecule has 0 radical (unpaired) electrons. The molecule has 0 fully saturated rings. The van der Waals surface area contributed by atoms with E-state index >= 15 is 0 Å². The van der Waals surface area contributed by atoms with Gasteiger partial charge in [-0.2, -0.15) is 0 Å². The highest BCUT2D eigenvalue weighted by molar-refractivity contribution is 14.1. The lowest BCUT2D eigenvalue weighted by molar-refractivity contribution is -0.390. The molecule has 1 aromatic rings. The van der Waals surface area contributed by atoms with Crippen molar-refractivity contribution in [1.82, 2.24) is 4.98 Å². The van der Waals surface area contributed by atoms with Crippen LogP contribution in [0.5, 0.6) is 0 Å². The van der Waals surface area contributed by atoms with Crippen LogP contribution in [0.15, 0.2) is 6.07 Å². The number of nitrogens with zero attached hydrogens (tertiary/aromatic N) is 2. The topological polar surface area (TPSA) is 76.3 Å². The van der Waals surface area contributed by atoms with Gasteiger partial charge < -0.3 is 15.2 Å². The van der Waals surface area contributed by atoms with Crippen LogP contribution in [0.1, 0.15) is 17.7 Å². The molecule has 0 saturated heterocycles. The molecule has 0 spiro atoms. The number of aliphatic hydroxyl groups is 1. The van der Waals surface area contributed by atoms with Crippen LogP contribution in [-0.4, -0.2) is 15.0 Å². The lowest BCUT2D eigenvalue weighted by Gasteiger charge is -2.03. The molecule has 0 atom stereocenters. The average molecular weight is 330 g/mol. The van der Waals surface area contributed by atoms with Crippen molar-refractivity contribution in [3.05, 3.63) is 31.0 Å². The van der Waals surface area contributed by atoms with Gasteiger partial charge in [0.05, 0.1) is 5.56 Å². The van der Waals surface area contributed by atoms with Crippen molar-refractivity contribution in [2.45, 2.75) is 13.0 Å². The molecule has 5 nitrogen and oxygen atoms in total. The molecule has 0 unspecified atom stereocenters. The summed E-state index contributed by atoms with van der Waals surface area (Å²) < 4.78 is 24.8. The maximum atomic E-state index is 12.4. The van der Waals surface area contributed by atoms with Gasteiger partial charge in [-0.1, -0.05) is 0 Å². The minimum atomic E-state index is -2.81. The molecule has 15 heavy (non-hydrogen) atoms. The summed E-state index contributed by atoms with van der Waals surface area (Å²) in [6, 6.07) is 0.960. The number of halogens is 3. The standard InChI is InChI=1S/C7H5F2IN2O3/c8-6(9)3-1-4(10)7(12(14)15)11-5(3)2-13/h1,6,13H,2H2. The number of hydrogen-bond acceptors (Lipinski definition) is 4. The van der Waals surface area contributed by atoms with Gasteiger partial charge in [0, 0.05) is 0 Å². The fraction of sp³-hybridized carbons (Fsp3) is 0.286. The first kappa shape index (κ1) is 12.2. The van der Waals surface area contributed by atoms with Crippen LogP contribution in [0, 0.1) is 13.7 Å². The molecular weight excluding hydrogens is 325 g/mol. The van der Waals surface area contributed by atoms with Gasteiger partial charge in [0.2, 0.25) is 0 Å². The van der Waals surface area contributed by atoms with E-state index in [0.717, 1.165) is 6.07 Å². The fourth-order valence-electron chi connectivity index (χ4n) is 0.974. The quantitative estimate of drug-likeness (QED) is 0.523. The minimum Gasteiger partial charge on any atom is -0.388 e. The zero-order valence-electron chi connectivity index (χ0n) is 7.15. The van der Waals surface area contributed by atoms with Crippen LogP contribution >= 0.6 is 22.6 Å². The van der Waals surface area contributed by atoms with Crippen molar-refractivity contribution >= 4 is 28.4 Å². The number of hydrogen-bond donors (Lipinski definition) is 1. The van der Waals surface area contributed by atoms with Gasteiger partial charge in [-0.05, 0) is 38.6 Å². The number of aromatic nitrogens is 1. The SMILES string of the molecule is O=[N+]([O-])c1nc(CO)c(C(F)F)cc1I. The van der Waals surface area contributed by atoms with Crippen molar-refractivity contribution < 1.29 is 18.8 Å². The molecule has 0 amide bonds. The third-order valence-corrected chi connectivity index (χ3v) is 2.42. The van der Waals surface area contributed by atoms with Crippen molar-refractivity contribution in [3.8, 4) is 0 Å². The van der Waals surface area contributed by atoms with Crippen LogP contribution in [0.25, 0.3) is 0 Å². The lowest BCUT2D eigenvalue weighted by atomic mass is 10.2. The summed E-state index contributed by atoms with van der Waals surface area (Å²) in [5.41, 5.74) is -0.843. The third-order valence-electron chi connectivity index (χ3n) is 1.63. The molecule has 0 aromatic carbocycles. The molecular formula is C7H5F2IN2O3. The van der Waals surface area contributed by atoms with Gasteiger partial charge in [-0.25, -0.2) is 8.78 Å². The average Bonchev–Trinajstić information content (AvgIpc) is 2.16. The summed E-state index contributed by atoms with van der Waals surface area (Å²) in [7, 11) is 0. The highest BCUT2D eigenvalue weighted by atomic mass is 127. The molecule has 0 saturated carbocycles. The fourth-order valence-corrected chi connectivity index (χ4v) is 1.63. The van der Waals surface area contributed by atoms with E-state index in [9.17, 15) is 18.9 Å². The van der Waals surface area contributed by atoms with Crippen molar-refractivity contribution in [1.29, 1.82) is 0 Å². The van der Waals surface area contributed by atoms with E-state index in [2.05, 4.69) is 4.98 Å². The van der Waals surface area contributed by atoms with Crippen LogP contribution in [0.4, 0.5) is 14.6 Å². The summed E-state index contributed by atoms with van der Waals surface area (Å²) in [4.78, 5) is 13.0. The molecule has 82 valence electrons. The van der Waals surface area contributed by atoms with Gasteiger partial charge in [0.1, 0.15) is 10.2 Å². The van der Waals surface area contributed by atoms with Gasteiger partial charge in [0.25, 0.3) is 6.43 Å². The normalized spacial score (nSPS) is 10.7. The Hall–Kier alpha value is -0.900. The van der Waals surface area contributed by atoms with Crippen LogP contribution in [-0.2, 0) is 6.61 Å². The molecule has 0 bridgehead atoms. The second-order valence-electron chi connectivity index (χ2n) is 2.55. The molecule has 1 aromatic heterocycles. The summed E-state index contributed by atoms with van der Waals surface area (Å²) in [5.74, 6) is -0.524. The zero-order chi connectivity index (χ0) is 11.6. The zero-order valence-corrected chi connectivity index (χ0v) is 9.31. The number of aliphatic hydroxyl groups excluding tert-OH is 1. The van der Waals surface area contributed by atoms with E-state index in [0.29, 0.717) is 0 Å². The monoisotopic (exact) mass is 330 g/mol. The predicted molar refractivity (Wildman–Crippen MR) is 54.5 cm³/mol. The number of nitro groups is 1. The molecule has 0 aliphatic heterocycles. The Kier molecular flexibility index (Phi) is 3.85. The van der Waals surface area contributed by atoms with E-state index in [-0.39, 0.29) is 9.26 Å². The summed E-state index contributed by atoms with van der Waals surface area (Å²) in [6.07, 6.45) is -2.81. The molecule has 0 aliphatic carbocycles. The van der Waals surface area contributed by atoms with Gasteiger partial charge >= 0.3 is 5.82 Å². The summed E-state index contributed by atoms with van der Waals surface area (Å²) in [5, 5.41) is 19.2. The van der Waals surface area contributed by atoms with Crippen LogP contribution in [0.2, 0.25) is 0 Å². The predicted octanol–water partition coefficient (Wildman–Crippen LogP) is 2.02. The Balaban J connectivity index is 3.35. The highest BCUT2D eigenvalue weighted by Gasteiger charge is 2.24. The largest absolute Gasteiger partial charge is 0.388 e. The van der Waals surface area contributed by atoms with Crippen LogP contribution < -0.4 is 0 Å². The maximum Gasteiger partial charge on any atom is 0.377 e. The first-order valence-corrected chi connectivity index (χ1v) is 4.78. The lowest BCUT2D eigenvalue weighted by Crippen LogP contribution is -2.04. The van der Waals surface area contributed by atoms with Gasteiger partial charge in [0.15, 0.2) is 5.69 Å². The second kappa shape index (κ2) is 4.75. The van der Waals surface area contributed by atoms with Crippen molar-refractivity contribution in [3.63, 3.8) is 0 Å². The van der Waals surface area contributed by atoms with Gasteiger partial charge in [-0.3, -0.25) is 0 Å². The number of rotatable bonds is 3. The smallest absolute Gasteiger partial charge is 0.377 e. The number of pyridine rings is 1. The second-order valence-corrected chi connectivity index (χ2v) is 3.71. The van der Waals surface area contributed by atoms with E-state index in [4.69, 9.17) is 5.11 Å². The van der Waals surface area contributed by atoms with E-state index < -0.39 is 29.3 Å². The molecule has 8 heteroatoms. The molecule has 1 rings (SSSR count). The first-order chi connectivity index (χ1) is 6.97. The Morgan fingerprint density at radius 2 is 2.27 bits per heavy atom. The van der Waals surface area contributed by atoms with Gasteiger partial charge in [-0.15, -0.1) is 0 Å². The van der Waals surface area contributed by atoms with Crippen molar-refractivity contribution in [2.24, 2.45) is 0 Å². The Morgan fingerprint density at radius 1 is 1.67 bits per heavy atom.